The molecule has 0 amide bonds. The van der Waals surface area contributed by atoms with E-state index in [2.05, 4.69) is 25.8 Å². The molecule has 0 aromatic carbocycles. The Morgan fingerprint density at radius 1 is 1.17 bits per heavy atom. The molecule has 0 radical (unpaired) electrons. The first kappa shape index (κ1) is 8.79. The van der Waals surface area contributed by atoms with Crippen molar-refractivity contribution in [2.75, 3.05) is 0 Å². The molecule has 1 rings (SSSR count). The van der Waals surface area contributed by atoms with Gasteiger partial charge in [-0.15, -0.1) is 0 Å². The molecular formula is C12H14. The summed E-state index contributed by atoms with van der Waals surface area (Å²) in [5.74, 6) is 0. The second-order valence-electron chi connectivity index (χ2n) is 2.90. The molecule has 0 aliphatic heterocycles. The first-order valence-corrected chi connectivity index (χ1v) is 4.06. The van der Waals surface area contributed by atoms with Crippen LogP contribution in [0.25, 0.3) is 0 Å². The third-order valence-electron chi connectivity index (χ3n) is 2.05. The first-order chi connectivity index (χ1) is 5.70. The minimum atomic E-state index is 0.902. The summed E-state index contributed by atoms with van der Waals surface area (Å²) in [5.41, 5.74) is 4.72. The Morgan fingerprint density at radius 2 is 1.75 bits per heavy atom. The number of hydrogen-bond donors (Lipinski definition) is 0. The molecule has 0 spiro atoms. The molecule has 0 unspecified atom stereocenters. The van der Waals surface area contributed by atoms with Gasteiger partial charge in [-0.05, 0) is 35.6 Å². The van der Waals surface area contributed by atoms with Gasteiger partial charge in [0.25, 0.3) is 0 Å². The van der Waals surface area contributed by atoms with E-state index in [0.29, 0.717) is 0 Å². The van der Waals surface area contributed by atoms with Crippen LogP contribution in [0, 0.1) is 0 Å². The zero-order valence-corrected chi connectivity index (χ0v) is 7.56. The van der Waals surface area contributed by atoms with Gasteiger partial charge < -0.3 is 0 Å². The van der Waals surface area contributed by atoms with Crippen molar-refractivity contribution >= 4 is 0 Å². The van der Waals surface area contributed by atoms with Crippen molar-refractivity contribution in [1.82, 2.24) is 0 Å². The van der Waals surface area contributed by atoms with Crippen molar-refractivity contribution in [2.45, 2.75) is 13.3 Å². The monoisotopic (exact) mass is 158 g/mol. The summed E-state index contributed by atoms with van der Waals surface area (Å²) >= 11 is 0. The summed E-state index contributed by atoms with van der Waals surface area (Å²) in [4.78, 5) is 0. The fraction of sp³-hybridized carbons (Fsp3) is 0.167. The molecule has 0 atom stereocenters. The van der Waals surface area contributed by atoms with Crippen LogP contribution >= 0.6 is 0 Å². The molecule has 1 aliphatic rings. The van der Waals surface area contributed by atoms with Gasteiger partial charge in [-0.3, -0.25) is 0 Å². The van der Waals surface area contributed by atoms with Gasteiger partial charge in [0.15, 0.2) is 0 Å². The van der Waals surface area contributed by atoms with Crippen LogP contribution in [0.4, 0.5) is 0 Å². The summed E-state index contributed by atoms with van der Waals surface area (Å²) in [5, 5.41) is 0. The van der Waals surface area contributed by atoms with Gasteiger partial charge in [-0.1, -0.05) is 38.0 Å². The Labute approximate surface area is 74.3 Å². The van der Waals surface area contributed by atoms with Gasteiger partial charge in [0.2, 0.25) is 0 Å². The van der Waals surface area contributed by atoms with E-state index < -0.39 is 0 Å². The highest BCUT2D eigenvalue weighted by molar-refractivity contribution is 5.63. The Bertz CT molecular complexity index is 298. The topological polar surface area (TPSA) is 0 Å². The molecule has 62 valence electrons. The number of hydrogen-bond acceptors (Lipinski definition) is 0. The van der Waals surface area contributed by atoms with Crippen LogP contribution in [0.5, 0.6) is 0 Å². The van der Waals surface area contributed by atoms with Crippen molar-refractivity contribution in [3.8, 4) is 0 Å². The molecule has 0 N–H and O–H groups in total. The lowest BCUT2D eigenvalue weighted by atomic mass is 10.1. The number of allylic oxidation sites excluding steroid dienone is 7. The lowest BCUT2D eigenvalue weighted by Crippen LogP contribution is -1.79. The van der Waals surface area contributed by atoms with Crippen LogP contribution in [0.2, 0.25) is 0 Å². The number of rotatable bonds is 1. The van der Waals surface area contributed by atoms with Crippen molar-refractivity contribution in [3.05, 3.63) is 60.3 Å². The zero-order chi connectivity index (χ0) is 9.14. The average Bonchev–Trinajstić information content (AvgIpc) is 2.28. The molecule has 0 nitrogen and oxygen atoms in total. The van der Waals surface area contributed by atoms with Crippen LogP contribution in [0.3, 0.4) is 0 Å². The Hall–Kier alpha value is -1.30. The van der Waals surface area contributed by atoms with Crippen molar-refractivity contribution < 1.29 is 0 Å². The lowest BCUT2D eigenvalue weighted by molar-refractivity contribution is 1.29. The van der Waals surface area contributed by atoms with Crippen LogP contribution < -0.4 is 0 Å². The van der Waals surface area contributed by atoms with Crippen LogP contribution in [0.1, 0.15) is 13.3 Å². The van der Waals surface area contributed by atoms with Crippen LogP contribution in [-0.4, -0.2) is 0 Å². The molecule has 1 fully saturated rings. The summed E-state index contributed by atoms with van der Waals surface area (Å²) < 4.78 is 0. The van der Waals surface area contributed by atoms with Gasteiger partial charge in [-0.2, -0.15) is 0 Å². The maximum atomic E-state index is 3.99. The second-order valence-corrected chi connectivity index (χ2v) is 2.90. The molecule has 0 bridgehead atoms. The highest BCUT2D eigenvalue weighted by Gasteiger charge is 2.19. The van der Waals surface area contributed by atoms with Gasteiger partial charge in [0.05, 0.1) is 0 Å². The second kappa shape index (κ2) is 3.40. The third-order valence-corrected chi connectivity index (χ3v) is 2.05. The Balaban J connectivity index is 3.15. The predicted molar refractivity (Wildman–Crippen MR) is 54.9 cm³/mol. The molecular weight excluding hydrogens is 144 g/mol. The summed E-state index contributed by atoms with van der Waals surface area (Å²) in [6, 6.07) is 0. The van der Waals surface area contributed by atoms with E-state index in [1.807, 2.05) is 13.0 Å². The minimum Gasteiger partial charge on any atom is -0.0990 e. The largest absolute Gasteiger partial charge is 0.0990 e. The summed E-state index contributed by atoms with van der Waals surface area (Å²) in [6.07, 6.45) is 6.77. The van der Waals surface area contributed by atoms with Crippen molar-refractivity contribution in [1.29, 1.82) is 0 Å². The minimum absolute atomic E-state index is 0.902. The maximum absolute atomic E-state index is 3.99. The van der Waals surface area contributed by atoms with E-state index in [0.717, 1.165) is 17.6 Å². The van der Waals surface area contributed by atoms with E-state index in [1.54, 1.807) is 6.08 Å². The fourth-order valence-corrected chi connectivity index (χ4v) is 1.51. The SMILES string of the molecule is C=C/C=C1/C(=C)CC(=C)/C1=C/C. The lowest BCUT2D eigenvalue weighted by Gasteiger charge is -1.98. The standard InChI is InChI=1S/C12H14/c1-5-7-12-10(4)8-9(3)11(12)6-2/h5-7H,1,3-4,8H2,2H3/b11-6-,12-7-. The molecule has 0 saturated heterocycles. The maximum Gasteiger partial charge on any atom is -0.00253 e. The van der Waals surface area contributed by atoms with E-state index in [-0.39, 0.29) is 0 Å². The Morgan fingerprint density at radius 3 is 2.25 bits per heavy atom. The smallest absolute Gasteiger partial charge is 0.00253 e. The van der Waals surface area contributed by atoms with Crippen LogP contribution in [0.15, 0.2) is 60.3 Å². The Kier molecular flexibility index (Phi) is 2.49. The van der Waals surface area contributed by atoms with Gasteiger partial charge in [0.1, 0.15) is 0 Å². The first-order valence-electron chi connectivity index (χ1n) is 4.06. The predicted octanol–water partition coefficient (Wildman–Crippen LogP) is 3.56. The molecule has 1 aliphatic carbocycles. The third kappa shape index (κ3) is 1.33. The van der Waals surface area contributed by atoms with E-state index in [1.165, 1.54) is 11.1 Å². The highest BCUT2D eigenvalue weighted by Crippen LogP contribution is 2.37. The molecule has 0 heteroatoms. The average molecular weight is 158 g/mol. The van der Waals surface area contributed by atoms with Crippen molar-refractivity contribution in [2.24, 2.45) is 0 Å². The molecule has 12 heavy (non-hydrogen) atoms. The zero-order valence-electron chi connectivity index (χ0n) is 7.56. The molecule has 0 heterocycles. The van der Waals surface area contributed by atoms with E-state index in [4.69, 9.17) is 0 Å². The van der Waals surface area contributed by atoms with E-state index >= 15 is 0 Å². The molecule has 0 aromatic heterocycles. The molecule has 1 saturated carbocycles. The molecule has 0 aromatic rings. The summed E-state index contributed by atoms with van der Waals surface area (Å²) in [7, 11) is 0. The highest BCUT2D eigenvalue weighted by atomic mass is 14.2. The van der Waals surface area contributed by atoms with Gasteiger partial charge >= 0.3 is 0 Å². The van der Waals surface area contributed by atoms with E-state index in [9.17, 15) is 0 Å². The van der Waals surface area contributed by atoms with Gasteiger partial charge in [0, 0.05) is 0 Å². The fourth-order valence-electron chi connectivity index (χ4n) is 1.51. The van der Waals surface area contributed by atoms with Crippen molar-refractivity contribution in [3.63, 3.8) is 0 Å². The summed E-state index contributed by atoms with van der Waals surface area (Å²) in [6.45, 7) is 13.7. The van der Waals surface area contributed by atoms with Gasteiger partial charge in [-0.25, -0.2) is 0 Å². The quantitative estimate of drug-likeness (QED) is 0.547. The normalized spacial score (nSPS) is 24.1. The van der Waals surface area contributed by atoms with Crippen LogP contribution in [-0.2, 0) is 0 Å².